The Hall–Kier alpha value is -1.69. The van der Waals surface area contributed by atoms with Crippen molar-refractivity contribution in [1.29, 1.82) is 0 Å². The van der Waals surface area contributed by atoms with Crippen LogP contribution in [0, 0.1) is 6.92 Å². The van der Waals surface area contributed by atoms with Crippen molar-refractivity contribution in [1.82, 2.24) is 9.97 Å². The number of aliphatic hydroxyl groups excluding tert-OH is 1. The van der Waals surface area contributed by atoms with Crippen LogP contribution in [-0.4, -0.2) is 45.3 Å². The summed E-state index contributed by atoms with van der Waals surface area (Å²) in [5.41, 5.74) is 0.581. The molecule has 0 saturated carbocycles. The molecule has 19 heavy (non-hydrogen) atoms. The van der Waals surface area contributed by atoms with Gasteiger partial charge in [-0.2, -0.15) is 0 Å². The van der Waals surface area contributed by atoms with Crippen molar-refractivity contribution in [3.05, 3.63) is 17.5 Å². The van der Waals surface area contributed by atoms with E-state index in [0.717, 1.165) is 32.2 Å². The lowest BCUT2D eigenvalue weighted by atomic mass is 10.1. The molecule has 2 N–H and O–H groups in total. The number of carboxylic acid groups (broad SMARTS) is 1. The van der Waals surface area contributed by atoms with Crippen LogP contribution in [0.5, 0.6) is 0 Å². The molecular formula is C13H19N3O3. The van der Waals surface area contributed by atoms with Gasteiger partial charge in [-0.15, -0.1) is 0 Å². The van der Waals surface area contributed by atoms with Crippen LogP contribution in [0.15, 0.2) is 6.20 Å². The van der Waals surface area contributed by atoms with Crippen molar-refractivity contribution >= 4 is 11.9 Å². The molecule has 0 amide bonds. The first-order valence-corrected chi connectivity index (χ1v) is 6.58. The highest BCUT2D eigenvalue weighted by atomic mass is 16.4. The lowest BCUT2D eigenvalue weighted by Crippen LogP contribution is -2.39. The Morgan fingerprint density at radius 1 is 1.47 bits per heavy atom. The van der Waals surface area contributed by atoms with Gasteiger partial charge in [0.2, 0.25) is 5.95 Å². The highest BCUT2D eigenvalue weighted by Gasteiger charge is 2.23. The van der Waals surface area contributed by atoms with E-state index in [-0.39, 0.29) is 18.2 Å². The minimum absolute atomic E-state index is 0.0255. The summed E-state index contributed by atoms with van der Waals surface area (Å²) in [4.78, 5) is 21.4. The topological polar surface area (TPSA) is 86.5 Å². The largest absolute Gasteiger partial charge is 0.478 e. The van der Waals surface area contributed by atoms with Crippen molar-refractivity contribution in [2.24, 2.45) is 0 Å². The average molecular weight is 265 g/mol. The zero-order chi connectivity index (χ0) is 13.8. The molecule has 6 heteroatoms. The van der Waals surface area contributed by atoms with Crippen LogP contribution < -0.4 is 4.90 Å². The summed E-state index contributed by atoms with van der Waals surface area (Å²) in [6, 6.07) is 0.0255. The number of carbonyl (C=O) groups is 1. The van der Waals surface area contributed by atoms with Crippen LogP contribution in [-0.2, 0) is 0 Å². The van der Waals surface area contributed by atoms with Gasteiger partial charge in [0.05, 0.1) is 23.9 Å². The van der Waals surface area contributed by atoms with Crippen LogP contribution in [0.2, 0.25) is 0 Å². The maximum absolute atomic E-state index is 11.0. The number of hydrogen-bond acceptors (Lipinski definition) is 5. The highest BCUT2D eigenvalue weighted by Crippen LogP contribution is 2.21. The molecule has 1 atom stereocenters. The number of aryl methyl sites for hydroxylation is 1. The van der Waals surface area contributed by atoms with Crippen LogP contribution in [0.3, 0.4) is 0 Å². The van der Waals surface area contributed by atoms with Crippen LogP contribution >= 0.6 is 0 Å². The third kappa shape index (κ3) is 3.01. The molecule has 104 valence electrons. The first-order chi connectivity index (χ1) is 9.13. The van der Waals surface area contributed by atoms with Crippen molar-refractivity contribution in [2.75, 3.05) is 18.1 Å². The van der Waals surface area contributed by atoms with Crippen molar-refractivity contribution in [2.45, 2.75) is 38.6 Å². The van der Waals surface area contributed by atoms with Gasteiger partial charge in [-0.25, -0.2) is 14.8 Å². The van der Waals surface area contributed by atoms with E-state index >= 15 is 0 Å². The zero-order valence-corrected chi connectivity index (χ0v) is 11.0. The number of hydrogen-bond donors (Lipinski definition) is 2. The van der Waals surface area contributed by atoms with Gasteiger partial charge in [0, 0.05) is 12.7 Å². The number of anilines is 1. The molecule has 1 aromatic rings. The van der Waals surface area contributed by atoms with E-state index in [4.69, 9.17) is 5.11 Å². The first kappa shape index (κ1) is 13.7. The Morgan fingerprint density at radius 3 is 2.89 bits per heavy atom. The second kappa shape index (κ2) is 5.97. The zero-order valence-electron chi connectivity index (χ0n) is 11.0. The Morgan fingerprint density at radius 2 is 2.26 bits per heavy atom. The fourth-order valence-corrected chi connectivity index (χ4v) is 2.43. The van der Waals surface area contributed by atoms with Crippen molar-refractivity contribution in [3.8, 4) is 0 Å². The van der Waals surface area contributed by atoms with E-state index in [1.165, 1.54) is 6.20 Å². The Bertz CT molecular complexity index is 464. The third-order valence-electron chi connectivity index (χ3n) is 3.54. The molecule has 1 aliphatic rings. The van der Waals surface area contributed by atoms with Gasteiger partial charge in [-0.3, -0.25) is 0 Å². The second-order valence-corrected chi connectivity index (χ2v) is 4.85. The van der Waals surface area contributed by atoms with Crippen LogP contribution in [0.1, 0.15) is 41.7 Å². The normalized spacial score (nSPS) is 20.1. The van der Waals surface area contributed by atoms with E-state index in [1.54, 1.807) is 6.92 Å². The minimum atomic E-state index is -1.02. The maximum atomic E-state index is 11.0. The van der Waals surface area contributed by atoms with Crippen LogP contribution in [0.25, 0.3) is 0 Å². The summed E-state index contributed by atoms with van der Waals surface area (Å²) in [6.45, 7) is 2.54. The predicted molar refractivity (Wildman–Crippen MR) is 70.4 cm³/mol. The van der Waals surface area contributed by atoms with Gasteiger partial charge in [0.1, 0.15) is 0 Å². The molecule has 0 bridgehead atoms. The average Bonchev–Trinajstić information content (AvgIpc) is 2.63. The quantitative estimate of drug-likeness (QED) is 0.854. The molecule has 1 fully saturated rings. The molecule has 0 radical (unpaired) electrons. The summed E-state index contributed by atoms with van der Waals surface area (Å²) in [5, 5.41) is 18.4. The standard InChI is InChI=1S/C13H19N3O3/c1-9-11(12(18)19)7-14-13(15-9)16-6-4-2-3-5-10(16)8-17/h7,10,17H,2-6,8H2,1H3,(H,18,19). The van der Waals surface area contributed by atoms with E-state index in [1.807, 2.05) is 4.90 Å². The summed E-state index contributed by atoms with van der Waals surface area (Å²) in [7, 11) is 0. The summed E-state index contributed by atoms with van der Waals surface area (Å²) in [6.07, 6.45) is 5.53. The number of rotatable bonds is 3. The number of aromatic carboxylic acids is 1. The maximum Gasteiger partial charge on any atom is 0.339 e. The molecule has 0 aromatic carbocycles. The van der Waals surface area contributed by atoms with Gasteiger partial charge in [0.25, 0.3) is 0 Å². The number of aliphatic hydroxyl groups is 1. The minimum Gasteiger partial charge on any atom is -0.478 e. The fourth-order valence-electron chi connectivity index (χ4n) is 2.43. The molecule has 1 saturated heterocycles. The molecule has 0 spiro atoms. The van der Waals surface area contributed by atoms with Gasteiger partial charge in [-0.1, -0.05) is 12.8 Å². The fraction of sp³-hybridized carbons (Fsp3) is 0.615. The van der Waals surface area contributed by atoms with Gasteiger partial charge < -0.3 is 15.1 Å². The van der Waals surface area contributed by atoms with Gasteiger partial charge in [-0.05, 0) is 19.8 Å². The molecule has 0 aliphatic carbocycles. The predicted octanol–water partition coefficient (Wildman–Crippen LogP) is 1.22. The molecule has 1 unspecified atom stereocenters. The number of nitrogens with zero attached hydrogens (tertiary/aromatic N) is 3. The van der Waals surface area contributed by atoms with Crippen LogP contribution in [0.4, 0.5) is 5.95 Å². The molecule has 6 nitrogen and oxygen atoms in total. The third-order valence-corrected chi connectivity index (χ3v) is 3.54. The highest BCUT2D eigenvalue weighted by molar-refractivity contribution is 5.88. The molecular weight excluding hydrogens is 246 g/mol. The van der Waals surface area contributed by atoms with E-state index in [2.05, 4.69) is 9.97 Å². The number of carboxylic acids is 1. The summed E-state index contributed by atoms with van der Waals surface area (Å²) < 4.78 is 0. The molecule has 2 rings (SSSR count). The Balaban J connectivity index is 2.28. The van der Waals surface area contributed by atoms with Gasteiger partial charge >= 0.3 is 5.97 Å². The summed E-state index contributed by atoms with van der Waals surface area (Å²) in [5.74, 6) is -0.498. The second-order valence-electron chi connectivity index (χ2n) is 4.85. The molecule has 1 aromatic heterocycles. The Kier molecular flexibility index (Phi) is 4.31. The molecule has 2 heterocycles. The summed E-state index contributed by atoms with van der Waals surface area (Å²) >= 11 is 0. The number of aromatic nitrogens is 2. The van der Waals surface area contributed by atoms with Crippen molar-refractivity contribution in [3.63, 3.8) is 0 Å². The lowest BCUT2D eigenvalue weighted by Gasteiger charge is -2.28. The van der Waals surface area contributed by atoms with Gasteiger partial charge in [0.15, 0.2) is 0 Å². The SMILES string of the molecule is Cc1nc(N2CCCCCC2CO)ncc1C(=O)O. The van der Waals surface area contributed by atoms with E-state index < -0.39 is 5.97 Å². The van der Waals surface area contributed by atoms with E-state index in [0.29, 0.717) is 11.6 Å². The molecule has 1 aliphatic heterocycles. The first-order valence-electron chi connectivity index (χ1n) is 6.58. The lowest BCUT2D eigenvalue weighted by molar-refractivity contribution is 0.0695. The van der Waals surface area contributed by atoms with E-state index in [9.17, 15) is 9.90 Å². The smallest absolute Gasteiger partial charge is 0.339 e. The van der Waals surface area contributed by atoms with Crippen molar-refractivity contribution < 1.29 is 15.0 Å². The Labute approximate surface area is 112 Å². The monoisotopic (exact) mass is 265 g/mol.